The molecule has 1 aromatic carbocycles. The molecular formula is C17H24O. The predicted octanol–water partition coefficient (Wildman–Crippen LogP) is 4.50. The summed E-state index contributed by atoms with van der Waals surface area (Å²) in [4.78, 5) is 11.9. The summed E-state index contributed by atoms with van der Waals surface area (Å²) in [5, 5.41) is 0. The second kappa shape index (κ2) is 5.26. The first-order chi connectivity index (χ1) is 8.47. The van der Waals surface area contributed by atoms with Gasteiger partial charge in [0.05, 0.1) is 0 Å². The molecule has 0 aliphatic heterocycles. The van der Waals surface area contributed by atoms with E-state index < -0.39 is 0 Å². The minimum Gasteiger partial charge on any atom is -0.299 e. The largest absolute Gasteiger partial charge is 0.299 e. The molecule has 1 heteroatoms. The smallest absolute Gasteiger partial charge is 0.138 e. The Labute approximate surface area is 111 Å². The first-order valence-electron chi connectivity index (χ1n) is 7.09. The Hall–Kier alpha value is -1.11. The van der Waals surface area contributed by atoms with Crippen LogP contribution in [0.5, 0.6) is 0 Å². The van der Waals surface area contributed by atoms with Crippen LogP contribution in [0.2, 0.25) is 0 Å². The zero-order valence-corrected chi connectivity index (χ0v) is 11.8. The first-order valence-corrected chi connectivity index (χ1v) is 7.09. The van der Waals surface area contributed by atoms with Gasteiger partial charge in [-0.25, -0.2) is 0 Å². The highest BCUT2D eigenvalue weighted by Gasteiger charge is 2.21. The minimum atomic E-state index is -0.203. The van der Waals surface area contributed by atoms with Crippen LogP contribution in [0.15, 0.2) is 24.3 Å². The second-order valence-corrected chi connectivity index (χ2v) is 6.55. The fourth-order valence-electron chi connectivity index (χ4n) is 2.38. The number of aryl methyl sites for hydroxylation is 1. The van der Waals surface area contributed by atoms with Crippen molar-refractivity contribution in [1.82, 2.24) is 0 Å². The van der Waals surface area contributed by atoms with Gasteiger partial charge in [0.25, 0.3) is 0 Å². The molecule has 2 rings (SSSR count). The molecule has 1 aliphatic rings. The highest BCUT2D eigenvalue weighted by molar-refractivity contribution is 5.83. The molecule has 1 saturated carbocycles. The molecule has 18 heavy (non-hydrogen) atoms. The SMILES string of the molecule is CC(C)(C)C(=O)CCc1cccc(C2CCC2)c1. The van der Waals surface area contributed by atoms with Crippen molar-refractivity contribution in [2.24, 2.45) is 5.41 Å². The lowest BCUT2D eigenvalue weighted by Crippen LogP contribution is -2.20. The Bertz CT molecular complexity index is 421. The van der Waals surface area contributed by atoms with Crippen molar-refractivity contribution in [2.75, 3.05) is 0 Å². The van der Waals surface area contributed by atoms with E-state index in [9.17, 15) is 4.79 Å². The van der Waals surface area contributed by atoms with Crippen LogP contribution >= 0.6 is 0 Å². The summed E-state index contributed by atoms with van der Waals surface area (Å²) in [6.45, 7) is 6.00. The summed E-state index contributed by atoms with van der Waals surface area (Å²) in [7, 11) is 0. The molecule has 0 aromatic heterocycles. The molecule has 0 amide bonds. The molecule has 1 nitrogen and oxygen atoms in total. The van der Waals surface area contributed by atoms with E-state index in [4.69, 9.17) is 0 Å². The fourth-order valence-corrected chi connectivity index (χ4v) is 2.38. The van der Waals surface area contributed by atoms with E-state index in [2.05, 4.69) is 24.3 Å². The molecule has 0 radical (unpaired) electrons. The topological polar surface area (TPSA) is 17.1 Å². The van der Waals surface area contributed by atoms with Gasteiger partial charge in [0.15, 0.2) is 0 Å². The Kier molecular flexibility index (Phi) is 3.89. The highest BCUT2D eigenvalue weighted by Crippen LogP contribution is 2.36. The first kappa shape index (κ1) is 13.3. The van der Waals surface area contributed by atoms with Crippen LogP contribution in [0.25, 0.3) is 0 Å². The van der Waals surface area contributed by atoms with Crippen LogP contribution in [0.3, 0.4) is 0 Å². The molecule has 0 N–H and O–H groups in total. The molecule has 98 valence electrons. The molecule has 0 unspecified atom stereocenters. The number of hydrogen-bond donors (Lipinski definition) is 0. The third kappa shape index (κ3) is 3.22. The molecule has 1 aliphatic carbocycles. The van der Waals surface area contributed by atoms with Crippen molar-refractivity contribution in [3.63, 3.8) is 0 Å². The van der Waals surface area contributed by atoms with Gasteiger partial charge in [0, 0.05) is 11.8 Å². The van der Waals surface area contributed by atoms with E-state index in [-0.39, 0.29) is 5.41 Å². The van der Waals surface area contributed by atoms with Crippen LogP contribution in [0, 0.1) is 5.41 Å². The molecule has 1 fully saturated rings. The van der Waals surface area contributed by atoms with Gasteiger partial charge < -0.3 is 0 Å². The molecule has 1 aromatic rings. The standard InChI is InChI=1S/C17H24O/c1-17(2,3)16(18)11-10-13-6-4-9-15(12-13)14-7-5-8-14/h4,6,9,12,14H,5,7-8,10-11H2,1-3H3. The Morgan fingerprint density at radius 1 is 1.28 bits per heavy atom. The maximum absolute atomic E-state index is 11.9. The Morgan fingerprint density at radius 3 is 2.56 bits per heavy atom. The molecule has 0 bridgehead atoms. The van der Waals surface area contributed by atoms with E-state index in [0.29, 0.717) is 12.2 Å². The quantitative estimate of drug-likeness (QED) is 0.762. The van der Waals surface area contributed by atoms with Gasteiger partial charge in [-0.3, -0.25) is 4.79 Å². The van der Waals surface area contributed by atoms with Crippen molar-refractivity contribution in [3.8, 4) is 0 Å². The number of ketones is 1. The molecular weight excluding hydrogens is 220 g/mol. The summed E-state index contributed by atoms with van der Waals surface area (Å²) >= 11 is 0. The fraction of sp³-hybridized carbons (Fsp3) is 0.588. The summed E-state index contributed by atoms with van der Waals surface area (Å²) in [6, 6.07) is 8.83. The van der Waals surface area contributed by atoms with Crippen LogP contribution in [-0.2, 0) is 11.2 Å². The van der Waals surface area contributed by atoms with Crippen molar-refractivity contribution < 1.29 is 4.79 Å². The summed E-state index contributed by atoms with van der Waals surface area (Å²) in [6.07, 6.45) is 5.60. The van der Waals surface area contributed by atoms with Crippen molar-refractivity contribution in [3.05, 3.63) is 35.4 Å². The van der Waals surface area contributed by atoms with Gasteiger partial charge in [-0.1, -0.05) is 51.5 Å². The molecule has 0 atom stereocenters. The summed E-state index contributed by atoms with van der Waals surface area (Å²) in [5.74, 6) is 1.14. The van der Waals surface area contributed by atoms with E-state index in [1.807, 2.05) is 20.8 Å². The predicted molar refractivity (Wildman–Crippen MR) is 75.8 cm³/mol. The average Bonchev–Trinajstić information content (AvgIpc) is 2.22. The summed E-state index contributed by atoms with van der Waals surface area (Å²) in [5.41, 5.74) is 2.59. The molecule has 0 saturated heterocycles. The van der Waals surface area contributed by atoms with E-state index in [1.165, 1.54) is 30.4 Å². The lowest BCUT2D eigenvalue weighted by molar-refractivity contribution is -0.126. The number of carbonyl (C=O) groups is 1. The van der Waals surface area contributed by atoms with Gasteiger partial charge in [-0.05, 0) is 36.3 Å². The zero-order valence-electron chi connectivity index (χ0n) is 11.8. The van der Waals surface area contributed by atoms with Gasteiger partial charge in [-0.2, -0.15) is 0 Å². The number of carbonyl (C=O) groups excluding carboxylic acids is 1. The minimum absolute atomic E-state index is 0.203. The van der Waals surface area contributed by atoms with Crippen molar-refractivity contribution >= 4 is 5.78 Å². The van der Waals surface area contributed by atoms with Crippen molar-refractivity contribution in [1.29, 1.82) is 0 Å². The zero-order chi connectivity index (χ0) is 13.2. The van der Waals surface area contributed by atoms with E-state index in [0.717, 1.165) is 12.3 Å². The van der Waals surface area contributed by atoms with Gasteiger partial charge in [0.1, 0.15) is 5.78 Å². The number of rotatable bonds is 4. The molecule has 0 heterocycles. The Balaban J connectivity index is 1.95. The van der Waals surface area contributed by atoms with Crippen LogP contribution in [-0.4, -0.2) is 5.78 Å². The molecule has 0 spiro atoms. The average molecular weight is 244 g/mol. The normalized spacial score (nSPS) is 16.4. The summed E-state index contributed by atoms with van der Waals surface area (Å²) < 4.78 is 0. The van der Waals surface area contributed by atoms with E-state index in [1.54, 1.807) is 0 Å². The number of Topliss-reactive ketones (excluding diaryl/α,β-unsaturated/α-hetero) is 1. The Morgan fingerprint density at radius 2 is 2.00 bits per heavy atom. The lowest BCUT2D eigenvalue weighted by Gasteiger charge is -2.26. The second-order valence-electron chi connectivity index (χ2n) is 6.55. The van der Waals surface area contributed by atoms with Crippen LogP contribution in [0.1, 0.15) is 63.5 Å². The maximum Gasteiger partial charge on any atom is 0.138 e. The third-order valence-corrected chi connectivity index (χ3v) is 4.00. The van der Waals surface area contributed by atoms with Crippen LogP contribution in [0.4, 0.5) is 0 Å². The number of hydrogen-bond acceptors (Lipinski definition) is 1. The number of benzene rings is 1. The van der Waals surface area contributed by atoms with E-state index >= 15 is 0 Å². The van der Waals surface area contributed by atoms with Crippen LogP contribution < -0.4 is 0 Å². The van der Waals surface area contributed by atoms with Crippen molar-refractivity contribution in [2.45, 2.75) is 58.8 Å². The monoisotopic (exact) mass is 244 g/mol. The third-order valence-electron chi connectivity index (χ3n) is 4.00. The highest BCUT2D eigenvalue weighted by atomic mass is 16.1. The van der Waals surface area contributed by atoms with Gasteiger partial charge in [0.2, 0.25) is 0 Å². The van der Waals surface area contributed by atoms with Gasteiger partial charge in [-0.15, -0.1) is 0 Å². The lowest BCUT2D eigenvalue weighted by atomic mass is 9.79. The van der Waals surface area contributed by atoms with Gasteiger partial charge >= 0.3 is 0 Å². The maximum atomic E-state index is 11.9.